The molecule has 6 nitrogen and oxygen atoms in total. The SMILES string of the molecule is CC(c1ccc(Cl)cc1)c1cncn1C.O=C(Nc1ccccn1)c1cc(-c2cccc(Cl)c2)c2ccccc2n1. The normalized spacial score (nSPS) is 11.4. The summed E-state index contributed by atoms with van der Waals surface area (Å²) in [5, 5.41) is 5.15. The van der Waals surface area contributed by atoms with Gasteiger partial charge in [0.15, 0.2) is 0 Å². The summed E-state index contributed by atoms with van der Waals surface area (Å²) >= 11 is 12.0. The van der Waals surface area contributed by atoms with Gasteiger partial charge in [0.05, 0.1) is 11.8 Å². The number of carbonyl (C=O) groups excluding carboxylic acids is 1. The monoisotopic (exact) mass is 579 g/mol. The number of hydrogen-bond acceptors (Lipinski definition) is 4. The molecule has 0 radical (unpaired) electrons. The highest BCUT2D eigenvalue weighted by molar-refractivity contribution is 6.31. The lowest BCUT2D eigenvalue weighted by Gasteiger charge is -2.12. The molecule has 1 amide bonds. The highest BCUT2D eigenvalue weighted by Crippen LogP contribution is 2.30. The first-order valence-corrected chi connectivity index (χ1v) is 13.7. The predicted octanol–water partition coefficient (Wildman–Crippen LogP) is 8.43. The summed E-state index contributed by atoms with van der Waals surface area (Å²) in [4.78, 5) is 25.4. The van der Waals surface area contributed by atoms with Gasteiger partial charge in [-0.3, -0.25) is 4.79 Å². The number of para-hydroxylation sites is 1. The Kier molecular flexibility index (Phi) is 8.73. The number of benzene rings is 3. The number of amides is 1. The first kappa shape index (κ1) is 28.0. The van der Waals surface area contributed by atoms with Gasteiger partial charge in [0, 0.05) is 46.5 Å². The maximum absolute atomic E-state index is 12.7. The van der Waals surface area contributed by atoms with Crippen LogP contribution >= 0.6 is 23.2 Å². The zero-order valence-electron chi connectivity index (χ0n) is 22.5. The number of pyridine rings is 2. The Bertz CT molecular complexity index is 1790. The zero-order valence-corrected chi connectivity index (χ0v) is 24.0. The number of rotatable bonds is 5. The first-order valence-electron chi connectivity index (χ1n) is 13.0. The molecule has 0 fully saturated rings. The van der Waals surface area contributed by atoms with E-state index in [0.29, 0.717) is 22.5 Å². The third kappa shape index (κ3) is 6.80. The number of imidazole rings is 1. The fourth-order valence-corrected chi connectivity index (χ4v) is 4.83. The lowest BCUT2D eigenvalue weighted by Crippen LogP contribution is -2.14. The lowest BCUT2D eigenvalue weighted by atomic mass is 9.98. The van der Waals surface area contributed by atoms with Crippen molar-refractivity contribution < 1.29 is 4.79 Å². The molecule has 0 spiro atoms. The Morgan fingerprint density at radius 1 is 0.878 bits per heavy atom. The molecule has 0 saturated heterocycles. The summed E-state index contributed by atoms with van der Waals surface area (Å²) < 4.78 is 2.04. The molecule has 3 aromatic heterocycles. The molecule has 0 saturated carbocycles. The van der Waals surface area contributed by atoms with Crippen molar-refractivity contribution in [3.05, 3.63) is 143 Å². The van der Waals surface area contributed by atoms with Gasteiger partial charge in [0.1, 0.15) is 11.5 Å². The number of aromatic nitrogens is 4. The molecular weight excluding hydrogens is 553 g/mol. The van der Waals surface area contributed by atoms with Crippen molar-refractivity contribution in [1.82, 2.24) is 19.5 Å². The van der Waals surface area contributed by atoms with E-state index in [9.17, 15) is 4.79 Å². The van der Waals surface area contributed by atoms with E-state index in [-0.39, 0.29) is 5.91 Å². The molecule has 0 aliphatic carbocycles. The molecule has 3 aromatic carbocycles. The van der Waals surface area contributed by atoms with Crippen molar-refractivity contribution in [1.29, 1.82) is 0 Å². The summed E-state index contributed by atoms with van der Waals surface area (Å²) in [6.45, 7) is 2.17. The minimum atomic E-state index is -0.308. The Morgan fingerprint density at radius 2 is 1.66 bits per heavy atom. The van der Waals surface area contributed by atoms with Crippen LogP contribution in [-0.2, 0) is 7.05 Å². The first-order chi connectivity index (χ1) is 19.9. The van der Waals surface area contributed by atoms with Crippen molar-refractivity contribution in [2.75, 3.05) is 5.32 Å². The molecule has 8 heteroatoms. The summed E-state index contributed by atoms with van der Waals surface area (Å²) in [5.74, 6) is 0.518. The smallest absolute Gasteiger partial charge is 0.275 e. The molecule has 6 rings (SSSR count). The average Bonchev–Trinajstić information content (AvgIpc) is 3.43. The standard InChI is InChI=1S/C21H14ClN3O.C12H13ClN2/c22-15-7-5-6-14(12-15)17-13-19(24-18-9-2-1-8-16(17)18)21(26)25-20-10-3-4-11-23-20;1-9(12-7-14-8-15(12)2)10-3-5-11(13)6-4-10/h1-13H,(H,23,25,26);3-9H,1-2H3. The predicted molar refractivity (Wildman–Crippen MR) is 167 cm³/mol. The molecule has 1 N–H and O–H groups in total. The van der Waals surface area contributed by atoms with Crippen LogP contribution < -0.4 is 5.32 Å². The van der Waals surface area contributed by atoms with Gasteiger partial charge in [-0.05, 0) is 65.2 Å². The molecule has 0 bridgehead atoms. The third-order valence-electron chi connectivity index (χ3n) is 6.66. The van der Waals surface area contributed by atoms with Gasteiger partial charge in [0.25, 0.3) is 5.91 Å². The summed E-state index contributed by atoms with van der Waals surface area (Å²) in [5.41, 5.74) is 5.37. The zero-order chi connectivity index (χ0) is 28.8. The fourth-order valence-electron chi connectivity index (χ4n) is 4.51. The molecular formula is C33H27Cl2N5O. The van der Waals surface area contributed by atoms with Gasteiger partial charge in [-0.25, -0.2) is 15.0 Å². The van der Waals surface area contributed by atoms with Gasteiger partial charge in [-0.2, -0.15) is 0 Å². The van der Waals surface area contributed by atoms with E-state index < -0.39 is 0 Å². The van der Waals surface area contributed by atoms with Gasteiger partial charge in [0.2, 0.25) is 0 Å². The van der Waals surface area contributed by atoms with Crippen LogP contribution in [0, 0.1) is 0 Å². The number of nitrogens with one attached hydrogen (secondary N) is 1. The average molecular weight is 581 g/mol. The van der Waals surface area contributed by atoms with Crippen LogP contribution in [0.15, 0.2) is 116 Å². The van der Waals surface area contributed by atoms with E-state index >= 15 is 0 Å². The third-order valence-corrected chi connectivity index (χ3v) is 7.15. The van der Waals surface area contributed by atoms with E-state index in [1.807, 2.05) is 90.9 Å². The Balaban J connectivity index is 0.000000191. The van der Waals surface area contributed by atoms with Crippen LogP contribution in [0.25, 0.3) is 22.0 Å². The number of nitrogens with zero attached hydrogens (tertiary/aromatic N) is 4. The van der Waals surface area contributed by atoms with E-state index in [2.05, 4.69) is 39.3 Å². The van der Waals surface area contributed by atoms with Gasteiger partial charge < -0.3 is 9.88 Å². The number of halogens is 2. The lowest BCUT2D eigenvalue weighted by molar-refractivity contribution is 0.102. The summed E-state index contributed by atoms with van der Waals surface area (Å²) in [6.07, 6.45) is 5.35. The quantitative estimate of drug-likeness (QED) is 0.222. The highest BCUT2D eigenvalue weighted by Gasteiger charge is 2.14. The Morgan fingerprint density at radius 3 is 2.37 bits per heavy atom. The highest BCUT2D eigenvalue weighted by atomic mass is 35.5. The van der Waals surface area contributed by atoms with Gasteiger partial charge in [-0.15, -0.1) is 0 Å². The van der Waals surface area contributed by atoms with Crippen molar-refractivity contribution in [3.8, 4) is 11.1 Å². The van der Waals surface area contributed by atoms with Crippen molar-refractivity contribution in [3.63, 3.8) is 0 Å². The molecule has 41 heavy (non-hydrogen) atoms. The van der Waals surface area contributed by atoms with E-state index in [1.54, 1.807) is 24.4 Å². The number of aryl methyl sites for hydroxylation is 1. The van der Waals surface area contributed by atoms with Gasteiger partial charge >= 0.3 is 0 Å². The Hall–Kier alpha value is -4.52. The molecule has 1 unspecified atom stereocenters. The fraction of sp³-hybridized carbons (Fsp3) is 0.0909. The largest absolute Gasteiger partial charge is 0.337 e. The number of anilines is 1. The summed E-state index contributed by atoms with van der Waals surface area (Å²) in [6, 6.07) is 30.4. The van der Waals surface area contributed by atoms with Crippen LogP contribution in [-0.4, -0.2) is 25.4 Å². The molecule has 0 aliphatic rings. The minimum absolute atomic E-state index is 0.308. The van der Waals surface area contributed by atoms with Crippen molar-refractivity contribution in [2.45, 2.75) is 12.8 Å². The van der Waals surface area contributed by atoms with E-state index in [1.165, 1.54) is 11.3 Å². The summed E-state index contributed by atoms with van der Waals surface area (Å²) in [7, 11) is 2.01. The number of carbonyl (C=O) groups is 1. The number of fused-ring (bicyclic) bond motifs is 1. The number of hydrogen-bond donors (Lipinski definition) is 1. The van der Waals surface area contributed by atoms with Crippen LogP contribution in [0.1, 0.15) is 34.6 Å². The van der Waals surface area contributed by atoms with Crippen molar-refractivity contribution >= 4 is 45.8 Å². The second-order valence-electron chi connectivity index (χ2n) is 9.45. The van der Waals surface area contributed by atoms with Crippen LogP contribution in [0.4, 0.5) is 5.82 Å². The Labute approximate surface area is 248 Å². The van der Waals surface area contributed by atoms with Crippen LogP contribution in [0.5, 0.6) is 0 Å². The van der Waals surface area contributed by atoms with Crippen LogP contribution in [0.2, 0.25) is 10.0 Å². The maximum Gasteiger partial charge on any atom is 0.275 e. The molecule has 3 heterocycles. The molecule has 0 aliphatic heterocycles. The van der Waals surface area contributed by atoms with E-state index in [4.69, 9.17) is 23.2 Å². The van der Waals surface area contributed by atoms with E-state index in [0.717, 1.165) is 27.1 Å². The second-order valence-corrected chi connectivity index (χ2v) is 10.3. The van der Waals surface area contributed by atoms with Crippen LogP contribution in [0.3, 0.4) is 0 Å². The molecule has 1 atom stereocenters. The van der Waals surface area contributed by atoms with Gasteiger partial charge in [-0.1, -0.05) is 78.7 Å². The minimum Gasteiger partial charge on any atom is -0.337 e. The van der Waals surface area contributed by atoms with Crippen molar-refractivity contribution in [2.24, 2.45) is 7.05 Å². The maximum atomic E-state index is 12.7. The molecule has 204 valence electrons. The molecule has 6 aromatic rings. The second kappa shape index (κ2) is 12.8. The topological polar surface area (TPSA) is 72.7 Å².